The SMILES string of the molecule is CNc1ccc2c(c1)CN(Cc1cccnc1)C2. The van der Waals surface area contributed by atoms with Crippen LogP contribution >= 0.6 is 0 Å². The Bertz CT molecular complexity index is 537. The van der Waals surface area contributed by atoms with Crippen molar-refractivity contribution in [2.75, 3.05) is 12.4 Å². The van der Waals surface area contributed by atoms with E-state index in [1.54, 1.807) is 0 Å². The Morgan fingerprint density at radius 3 is 2.89 bits per heavy atom. The lowest BCUT2D eigenvalue weighted by Gasteiger charge is -2.14. The van der Waals surface area contributed by atoms with Crippen molar-refractivity contribution >= 4 is 5.69 Å². The maximum atomic E-state index is 4.17. The van der Waals surface area contributed by atoms with Crippen molar-refractivity contribution in [3.8, 4) is 0 Å². The van der Waals surface area contributed by atoms with Crippen LogP contribution in [0.5, 0.6) is 0 Å². The predicted octanol–water partition coefficient (Wildman–Crippen LogP) is 2.64. The van der Waals surface area contributed by atoms with Gasteiger partial charge in [-0.05, 0) is 34.9 Å². The summed E-state index contributed by atoms with van der Waals surface area (Å²) in [5.41, 5.74) is 5.35. The molecular weight excluding hydrogens is 222 g/mol. The zero-order valence-electron chi connectivity index (χ0n) is 10.6. The monoisotopic (exact) mass is 239 g/mol. The fraction of sp³-hybridized carbons (Fsp3) is 0.267. The first kappa shape index (κ1) is 11.2. The number of pyridine rings is 1. The molecule has 92 valence electrons. The highest BCUT2D eigenvalue weighted by atomic mass is 15.1. The quantitative estimate of drug-likeness (QED) is 0.892. The smallest absolute Gasteiger partial charge is 0.0341 e. The van der Waals surface area contributed by atoms with Crippen LogP contribution in [0, 0.1) is 0 Å². The van der Waals surface area contributed by atoms with Gasteiger partial charge in [0.25, 0.3) is 0 Å². The van der Waals surface area contributed by atoms with E-state index in [9.17, 15) is 0 Å². The Balaban J connectivity index is 1.73. The average molecular weight is 239 g/mol. The van der Waals surface area contributed by atoms with E-state index in [2.05, 4.69) is 39.5 Å². The highest BCUT2D eigenvalue weighted by molar-refractivity contribution is 5.49. The number of hydrogen-bond donors (Lipinski definition) is 1. The fourth-order valence-corrected chi connectivity index (χ4v) is 2.48. The molecule has 3 nitrogen and oxygen atoms in total. The van der Waals surface area contributed by atoms with Crippen LogP contribution in [0.25, 0.3) is 0 Å². The van der Waals surface area contributed by atoms with E-state index in [1.807, 2.05) is 25.5 Å². The first-order valence-electron chi connectivity index (χ1n) is 6.26. The summed E-state index contributed by atoms with van der Waals surface area (Å²) in [5.74, 6) is 0. The second kappa shape index (κ2) is 4.78. The van der Waals surface area contributed by atoms with E-state index in [-0.39, 0.29) is 0 Å². The summed E-state index contributed by atoms with van der Waals surface area (Å²) in [6.07, 6.45) is 3.77. The minimum Gasteiger partial charge on any atom is -0.388 e. The van der Waals surface area contributed by atoms with Crippen molar-refractivity contribution in [1.29, 1.82) is 0 Å². The maximum absolute atomic E-state index is 4.17. The van der Waals surface area contributed by atoms with E-state index in [4.69, 9.17) is 0 Å². The molecule has 1 aromatic heterocycles. The third kappa shape index (κ3) is 2.22. The van der Waals surface area contributed by atoms with Crippen LogP contribution in [-0.2, 0) is 19.6 Å². The Kier molecular flexibility index (Phi) is 2.99. The van der Waals surface area contributed by atoms with Crippen molar-refractivity contribution < 1.29 is 0 Å². The van der Waals surface area contributed by atoms with Crippen LogP contribution in [0.1, 0.15) is 16.7 Å². The molecule has 0 saturated carbocycles. The minimum absolute atomic E-state index is 0.970. The molecule has 2 heterocycles. The lowest BCUT2D eigenvalue weighted by atomic mass is 10.1. The zero-order chi connectivity index (χ0) is 12.4. The Morgan fingerprint density at radius 1 is 1.22 bits per heavy atom. The van der Waals surface area contributed by atoms with Crippen LogP contribution in [0.3, 0.4) is 0 Å². The van der Waals surface area contributed by atoms with E-state index in [1.165, 1.54) is 22.4 Å². The number of benzene rings is 1. The average Bonchev–Trinajstić information content (AvgIpc) is 2.80. The van der Waals surface area contributed by atoms with Gasteiger partial charge < -0.3 is 5.32 Å². The van der Waals surface area contributed by atoms with E-state index in [0.29, 0.717) is 0 Å². The largest absolute Gasteiger partial charge is 0.388 e. The molecule has 0 unspecified atom stereocenters. The molecule has 0 radical (unpaired) electrons. The van der Waals surface area contributed by atoms with Gasteiger partial charge in [-0.25, -0.2) is 0 Å². The molecule has 1 aliphatic heterocycles. The number of nitrogens with zero attached hydrogens (tertiary/aromatic N) is 2. The van der Waals surface area contributed by atoms with Gasteiger partial charge in [-0.3, -0.25) is 9.88 Å². The summed E-state index contributed by atoms with van der Waals surface area (Å²) in [5, 5.41) is 3.19. The highest BCUT2D eigenvalue weighted by Gasteiger charge is 2.18. The topological polar surface area (TPSA) is 28.2 Å². The fourth-order valence-electron chi connectivity index (χ4n) is 2.48. The van der Waals surface area contributed by atoms with Gasteiger partial charge in [0.2, 0.25) is 0 Å². The van der Waals surface area contributed by atoms with E-state index < -0.39 is 0 Å². The van der Waals surface area contributed by atoms with Crippen molar-refractivity contribution in [3.05, 3.63) is 59.4 Å². The molecule has 3 heteroatoms. The standard InChI is InChI=1S/C15H17N3/c1-16-15-5-4-13-10-18(11-14(13)7-15)9-12-3-2-6-17-8-12/h2-8,16H,9-11H2,1H3. The first-order valence-corrected chi connectivity index (χ1v) is 6.26. The number of hydrogen-bond acceptors (Lipinski definition) is 3. The molecule has 0 bridgehead atoms. The molecule has 0 aliphatic carbocycles. The molecule has 1 aliphatic rings. The summed E-state index contributed by atoms with van der Waals surface area (Å²) in [7, 11) is 1.96. The lowest BCUT2D eigenvalue weighted by Crippen LogP contribution is -2.15. The van der Waals surface area contributed by atoms with Crippen molar-refractivity contribution in [2.45, 2.75) is 19.6 Å². The summed E-state index contributed by atoms with van der Waals surface area (Å²) in [4.78, 5) is 6.61. The molecule has 3 rings (SSSR count). The van der Waals surface area contributed by atoms with Gasteiger partial charge in [-0.15, -0.1) is 0 Å². The van der Waals surface area contributed by atoms with E-state index >= 15 is 0 Å². The van der Waals surface area contributed by atoms with Gasteiger partial charge >= 0.3 is 0 Å². The molecule has 0 atom stereocenters. The van der Waals surface area contributed by atoms with Crippen LogP contribution < -0.4 is 5.32 Å². The van der Waals surface area contributed by atoms with Gasteiger partial charge in [0.1, 0.15) is 0 Å². The molecule has 0 saturated heterocycles. The maximum Gasteiger partial charge on any atom is 0.0341 e. The van der Waals surface area contributed by atoms with Gasteiger partial charge in [-0.2, -0.15) is 0 Å². The molecule has 0 amide bonds. The third-order valence-electron chi connectivity index (χ3n) is 3.41. The normalized spacial score (nSPS) is 14.5. The van der Waals surface area contributed by atoms with Crippen LogP contribution in [0.4, 0.5) is 5.69 Å². The molecule has 0 spiro atoms. The first-order chi connectivity index (χ1) is 8.85. The molecule has 2 aromatic rings. The summed E-state index contributed by atoms with van der Waals surface area (Å²) >= 11 is 0. The minimum atomic E-state index is 0.970. The molecule has 1 aromatic carbocycles. The number of nitrogens with one attached hydrogen (secondary N) is 1. The van der Waals surface area contributed by atoms with E-state index in [0.717, 1.165) is 19.6 Å². The number of rotatable bonds is 3. The van der Waals surface area contributed by atoms with Gasteiger partial charge in [0, 0.05) is 44.8 Å². The van der Waals surface area contributed by atoms with Crippen LogP contribution in [0.2, 0.25) is 0 Å². The van der Waals surface area contributed by atoms with Gasteiger partial charge in [0.15, 0.2) is 0 Å². The highest BCUT2D eigenvalue weighted by Crippen LogP contribution is 2.26. The molecule has 0 fully saturated rings. The Labute approximate surface area is 107 Å². The van der Waals surface area contributed by atoms with Crippen molar-refractivity contribution in [3.63, 3.8) is 0 Å². The molecule has 1 N–H and O–H groups in total. The molecular formula is C15H17N3. The second-order valence-corrected chi connectivity index (χ2v) is 4.74. The third-order valence-corrected chi connectivity index (χ3v) is 3.41. The predicted molar refractivity (Wildman–Crippen MR) is 73.2 cm³/mol. The Morgan fingerprint density at radius 2 is 2.11 bits per heavy atom. The number of anilines is 1. The second-order valence-electron chi connectivity index (χ2n) is 4.74. The van der Waals surface area contributed by atoms with Crippen LogP contribution in [0.15, 0.2) is 42.7 Å². The van der Waals surface area contributed by atoms with Crippen LogP contribution in [-0.4, -0.2) is 16.9 Å². The van der Waals surface area contributed by atoms with Crippen molar-refractivity contribution in [1.82, 2.24) is 9.88 Å². The molecule has 18 heavy (non-hydrogen) atoms. The Hall–Kier alpha value is -1.87. The van der Waals surface area contributed by atoms with Crippen molar-refractivity contribution in [2.24, 2.45) is 0 Å². The van der Waals surface area contributed by atoms with Gasteiger partial charge in [0.05, 0.1) is 0 Å². The van der Waals surface area contributed by atoms with Gasteiger partial charge in [-0.1, -0.05) is 12.1 Å². The summed E-state index contributed by atoms with van der Waals surface area (Å²) < 4.78 is 0. The summed E-state index contributed by atoms with van der Waals surface area (Å²) in [6.45, 7) is 3.03. The summed E-state index contributed by atoms with van der Waals surface area (Å²) in [6, 6.07) is 10.8. The number of fused-ring (bicyclic) bond motifs is 1. The number of aromatic nitrogens is 1. The lowest BCUT2D eigenvalue weighted by molar-refractivity contribution is 0.275. The zero-order valence-corrected chi connectivity index (χ0v) is 10.6.